The summed E-state index contributed by atoms with van der Waals surface area (Å²) in [6.07, 6.45) is 0.264. The molecule has 6 amide bonds. The van der Waals surface area contributed by atoms with Gasteiger partial charge in [-0.05, 0) is 31.4 Å². The summed E-state index contributed by atoms with van der Waals surface area (Å²) in [5.74, 6) is -2.95. The van der Waals surface area contributed by atoms with Crippen molar-refractivity contribution in [3.8, 4) is 5.75 Å². The van der Waals surface area contributed by atoms with Crippen LogP contribution in [0.2, 0.25) is 0 Å². The van der Waals surface area contributed by atoms with E-state index in [1.807, 2.05) is 0 Å². The van der Waals surface area contributed by atoms with Crippen LogP contribution in [0.4, 0.5) is 4.79 Å². The number of rotatable bonds is 9. The van der Waals surface area contributed by atoms with Crippen molar-refractivity contribution in [3.05, 3.63) is 29.3 Å². The van der Waals surface area contributed by atoms with Gasteiger partial charge in [0.2, 0.25) is 11.8 Å². The van der Waals surface area contributed by atoms with E-state index in [1.165, 1.54) is 18.2 Å². The summed E-state index contributed by atoms with van der Waals surface area (Å²) in [5.41, 5.74) is 4.87. The van der Waals surface area contributed by atoms with Crippen molar-refractivity contribution < 1.29 is 38.2 Å². The first-order valence-electron chi connectivity index (χ1n) is 9.96. The van der Waals surface area contributed by atoms with Gasteiger partial charge in [-0.15, -0.1) is 0 Å². The molecule has 4 N–H and O–H groups in total. The third-order valence-electron chi connectivity index (χ3n) is 4.93. The second kappa shape index (κ2) is 9.90. The van der Waals surface area contributed by atoms with Crippen LogP contribution in [0.5, 0.6) is 5.75 Å². The summed E-state index contributed by atoms with van der Waals surface area (Å²) < 4.78 is 10.0. The predicted octanol–water partition coefficient (Wildman–Crippen LogP) is -0.542. The zero-order valence-corrected chi connectivity index (χ0v) is 17.0. The van der Waals surface area contributed by atoms with E-state index < -0.39 is 48.3 Å². The van der Waals surface area contributed by atoms with Gasteiger partial charge in [0, 0.05) is 13.0 Å². The van der Waals surface area contributed by atoms with E-state index in [0.717, 1.165) is 4.90 Å². The highest BCUT2D eigenvalue weighted by Gasteiger charge is 2.46. The Morgan fingerprint density at radius 2 is 1.94 bits per heavy atom. The third-order valence-corrected chi connectivity index (χ3v) is 4.93. The predicted molar refractivity (Wildman–Crippen MR) is 106 cm³/mol. The van der Waals surface area contributed by atoms with Gasteiger partial charge in [0.25, 0.3) is 17.7 Å². The number of nitrogens with zero attached hydrogens (tertiary/aromatic N) is 1. The van der Waals surface area contributed by atoms with Gasteiger partial charge in [0.15, 0.2) is 6.61 Å². The summed E-state index contributed by atoms with van der Waals surface area (Å²) in [7, 11) is 0. The molecule has 0 radical (unpaired) electrons. The van der Waals surface area contributed by atoms with Crippen molar-refractivity contribution in [2.24, 2.45) is 5.73 Å². The lowest BCUT2D eigenvalue weighted by Gasteiger charge is -2.27. The number of imide groups is 2. The number of nitrogens with one attached hydrogen (secondary N) is 2. The van der Waals surface area contributed by atoms with Crippen LogP contribution >= 0.6 is 0 Å². The fourth-order valence-electron chi connectivity index (χ4n) is 3.43. The lowest BCUT2D eigenvalue weighted by Crippen LogP contribution is -2.54. The van der Waals surface area contributed by atoms with E-state index in [9.17, 15) is 28.8 Å². The SMILES string of the molecule is NC(=O)OCCCCNC(=O)COc1cccc2c1C(=O)N(C1CCC(=O)NC1=O)C2=O. The molecule has 0 aliphatic carbocycles. The van der Waals surface area contributed by atoms with Crippen molar-refractivity contribution in [3.63, 3.8) is 0 Å². The molecular formula is C20H22N4O8. The highest BCUT2D eigenvalue weighted by molar-refractivity contribution is 6.24. The summed E-state index contributed by atoms with van der Waals surface area (Å²) in [6, 6.07) is 3.30. The van der Waals surface area contributed by atoms with E-state index >= 15 is 0 Å². The minimum atomic E-state index is -1.09. The average molecular weight is 446 g/mol. The number of piperidine rings is 1. The molecule has 2 aliphatic heterocycles. The maximum atomic E-state index is 12.9. The number of hydrogen-bond acceptors (Lipinski definition) is 8. The molecule has 1 unspecified atom stereocenters. The Bertz CT molecular complexity index is 976. The Labute approximate surface area is 182 Å². The fourth-order valence-corrected chi connectivity index (χ4v) is 3.43. The Morgan fingerprint density at radius 1 is 1.16 bits per heavy atom. The van der Waals surface area contributed by atoms with Crippen molar-refractivity contribution in [1.82, 2.24) is 15.5 Å². The monoisotopic (exact) mass is 446 g/mol. The number of fused-ring (bicyclic) bond motifs is 1. The molecule has 0 spiro atoms. The Balaban J connectivity index is 1.58. The minimum Gasteiger partial charge on any atom is -0.483 e. The number of unbranched alkanes of at least 4 members (excludes halogenated alkanes) is 1. The molecule has 1 atom stereocenters. The topological polar surface area (TPSA) is 174 Å². The van der Waals surface area contributed by atoms with Crippen molar-refractivity contribution in [2.75, 3.05) is 19.8 Å². The van der Waals surface area contributed by atoms with Crippen molar-refractivity contribution in [2.45, 2.75) is 31.7 Å². The Hall–Kier alpha value is -3.96. The fraction of sp³-hybridized carbons (Fsp3) is 0.400. The van der Waals surface area contributed by atoms with Crippen LogP contribution in [0, 0.1) is 0 Å². The highest BCUT2D eigenvalue weighted by Crippen LogP contribution is 2.33. The molecule has 1 aromatic carbocycles. The zero-order valence-electron chi connectivity index (χ0n) is 17.0. The first kappa shape index (κ1) is 22.7. The molecule has 32 heavy (non-hydrogen) atoms. The van der Waals surface area contributed by atoms with E-state index in [2.05, 4.69) is 15.4 Å². The van der Waals surface area contributed by atoms with Gasteiger partial charge in [0.1, 0.15) is 11.8 Å². The smallest absolute Gasteiger partial charge is 0.404 e. The van der Waals surface area contributed by atoms with Gasteiger partial charge >= 0.3 is 6.09 Å². The molecule has 2 aliphatic rings. The van der Waals surface area contributed by atoms with Gasteiger partial charge in [-0.3, -0.25) is 34.2 Å². The van der Waals surface area contributed by atoms with Crippen LogP contribution < -0.4 is 21.1 Å². The Kier molecular flexibility index (Phi) is 7.03. The summed E-state index contributed by atoms with van der Waals surface area (Å²) >= 11 is 0. The van der Waals surface area contributed by atoms with Gasteiger partial charge in [-0.2, -0.15) is 0 Å². The molecule has 1 saturated heterocycles. The number of carbonyl (C=O) groups excluding carboxylic acids is 6. The maximum Gasteiger partial charge on any atom is 0.404 e. The first-order valence-corrected chi connectivity index (χ1v) is 9.96. The van der Waals surface area contributed by atoms with Crippen LogP contribution in [0.25, 0.3) is 0 Å². The lowest BCUT2D eigenvalue weighted by molar-refractivity contribution is -0.136. The number of nitrogens with two attached hydrogens (primary N) is 1. The number of carbonyl (C=O) groups is 6. The van der Waals surface area contributed by atoms with Crippen LogP contribution in [-0.4, -0.2) is 66.3 Å². The van der Waals surface area contributed by atoms with Crippen LogP contribution in [-0.2, 0) is 19.1 Å². The molecule has 12 heteroatoms. The average Bonchev–Trinajstić information content (AvgIpc) is 3.00. The molecule has 3 rings (SSSR count). The minimum absolute atomic E-state index is 0.0159. The van der Waals surface area contributed by atoms with Crippen molar-refractivity contribution >= 4 is 35.6 Å². The summed E-state index contributed by atoms with van der Waals surface area (Å²) in [6.45, 7) is 0.0731. The zero-order chi connectivity index (χ0) is 23.3. The van der Waals surface area contributed by atoms with Gasteiger partial charge in [-0.25, -0.2) is 4.79 Å². The number of primary amides is 1. The molecular weight excluding hydrogens is 424 g/mol. The second-order valence-electron chi connectivity index (χ2n) is 7.14. The number of ether oxygens (including phenoxy) is 2. The molecule has 0 aromatic heterocycles. The molecule has 1 aromatic rings. The highest BCUT2D eigenvalue weighted by atomic mass is 16.5. The number of amides is 6. The lowest BCUT2D eigenvalue weighted by atomic mass is 10.0. The number of benzene rings is 1. The summed E-state index contributed by atoms with van der Waals surface area (Å²) in [4.78, 5) is 72.5. The van der Waals surface area contributed by atoms with E-state index in [-0.39, 0.29) is 36.3 Å². The third kappa shape index (κ3) is 5.02. The molecule has 170 valence electrons. The number of hydrogen-bond donors (Lipinski definition) is 3. The maximum absolute atomic E-state index is 12.9. The van der Waals surface area contributed by atoms with Gasteiger partial charge in [0.05, 0.1) is 17.7 Å². The van der Waals surface area contributed by atoms with Gasteiger partial charge in [-0.1, -0.05) is 6.07 Å². The molecule has 0 saturated carbocycles. The van der Waals surface area contributed by atoms with Crippen LogP contribution in [0.3, 0.4) is 0 Å². The van der Waals surface area contributed by atoms with Crippen LogP contribution in [0.1, 0.15) is 46.4 Å². The Morgan fingerprint density at radius 3 is 2.66 bits per heavy atom. The standard InChI is InChI=1S/C20H22N4O8/c21-20(30)31-9-2-1-8-22-15(26)10-32-13-5-3-4-11-16(13)19(29)24(18(11)28)12-6-7-14(25)23-17(12)27/h3-5,12H,1-2,6-10H2,(H2,21,30)(H,22,26)(H,23,25,27). The summed E-state index contributed by atoms with van der Waals surface area (Å²) in [5, 5.41) is 4.74. The first-order chi connectivity index (χ1) is 15.3. The quantitative estimate of drug-likeness (QED) is 0.335. The molecule has 0 bridgehead atoms. The molecule has 2 heterocycles. The van der Waals surface area contributed by atoms with E-state index in [4.69, 9.17) is 10.5 Å². The largest absolute Gasteiger partial charge is 0.483 e. The normalized spacial score (nSPS) is 17.6. The van der Waals surface area contributed by atoms with Crippen LogP contribution in [0.15, 0.2) is 18.2 Å². The van der Waals surface area contributed by atoms with E-state index in [0.29, 0.717) is 19.4 Å². The van der Waals surface area contributed by atoms with E-state index in [1.54, 1.807) is 0 Å². The van der Waals surface area contributed by atoms with Crippen molar-refractivity contribution in [1.29, 1.82) is 0 Å². The molecule has 1 fully saturated rings. The van der Waals surface area contributed by atoms with Gasteiger partial charge < -0.3 is 20.5 Å². The second-order valence-corrected chi connectivity index (χ2v) is 7.14. The molecule has 12 nitrogen and oxygen atoms in total.